The van der Waals surface area contributed by atoms with Crippen LogP contribution in [0.5, 0.6) is 0 Å². The van der Waals surface area contributed by atoms with Crippen molar-refractivity contribution >= 4 is 14.1 Å². The molecule has 0 bridgehead atoms. The number of hydrogen-bond acceptors (Lipinski definition) is 0. The summed E-state index contributed by atoms with van der Waals surface area (Å²) in [5.41, 5.74) is 11.7. The lowest BCUT2D eigenvalue weighted by atomic mass is 9.91. The van der Waals surface area contributed by atoms with E-state index in [2.05, 4.69) is 112 Å². The summed E-state index contributed by atoms with van der Waals surface area (Å²) in [7, 11) is -1.86. The fourth-order valence-corrected chi connectivity index (χ4v) is 11.1. The molecule has 2 unspecified atom stereocenters. The van der Waals surface area contributed by atoms with Crippen LogP contribution < -0.4 is 0 Å². The Kier molecular flexibility index (Phi) is 5.10. The molecule has 156 valence electrons. The van der Waals surface area contributed by atoms with E-state index in [4.69, 9.17) is 0 Å². The van der Waals surface area contributed by atoms with E-state index in [1.54, 1.807) is 22.3 Å². The summed E-state index contributed by atoms with van der Waals surface area (Å²) in [6.45, 7) is 11.7. The van der Waals surface area contributed by atoms with Crippen molar-refractivity contribution < 1.29 is 0 Å². The van der Waals surface area contributed by atoms with Gasteiger partial charge in [-0.3, -0.25) is 0 Å². The van der Waals surface area contributed by atoms with Crippen molar-refractivity contribution in [3.63, 3.8) is 0 Å². The lowest BCUT2D eigenvalue weighted by Gasteiger charge is -2.40. The molecule has 0 saturated carbocycles. The molecule has 0 heterocycles. The van der Waals surface area contributed by atoms with Crippen molar-refractivity contribution in [1.82, 2.24) is 0 Å². The predicted octanol–water partition coefficient (Wildman–Crippen LogP) is 8.37. The summed E-state index contributed by atoms with van der Waals surface area (Å²) in [6, 6.07) is 27.4. The van der Waals surface area contributed by atoms with Crippen molar-refractivity contribution in [2.45, 2.75) is 43.9 Å². The van der Waals surface area contributed by atoms with Gasteiger partial charge >= 0.3 is 0 Å². The Morgan fingerprint density at radius 3 is 1.94 bits per heavy atom. The van der Waals surface area contributed by atoms with E-state index < -0.39 is 8.07 Å². The SMILES string of the molecule is C=CCC(CC)C1=Cc2ccccc2C1[Si](C)(C)C1c2ccccc2-c2ccccc21. The van der Waals surface area contributed by atoms with Gasteiger partial charge < -0.3 is 0 Å². The summed E-state index contributed by atoms with van der Waals surface area (Å²) in [6.07, 6.45) is 6.88. The van der Waals surface area contributed by atoms with Crippen molar-refractivity contribution in [3.05, 3.63) is 113 Å². The van der Waals surface area contributed by atoms with Gasteiger partial charge in [-0.05, 0) is 52.1 Å². The molecule has 2 aliphatic rings. The van der Waals surface area contributed by atoms with Crippen molar-refractivity contribution in [2.24, 2.45) is 5.92 Å². The van der Waals surface area contributed by atoms with Gasteiger partial charge in [0, 0.05) is 11.1 Å². The topological polar surface area (TPSA) is 0 Å². The average molecular weight is 421 g/mol. The van der Waals surface area contributed by atoms with Gasteiger partial charge in [0.2, 0.25) is 0 Å². The van der Waals surface area contributed by atoms with Crippen LogP contribution in [0.15, 0.2) is 91.0 Å². The van der Waals surface area contributed by atoms with Gasteiger partial charge in [-0.2, -0.15) is 0 Å². The Balaban J connectivity index is 1.69. The summed E-state index contributed by atoms with van der Waals surface area (Å²) >= 11 is 0. The van der Waals surface area contributed by atoms with Crippen LogP contribution >= 0.6 is 0 Å². The lowest BCUT2D eigenvalue weighted by Crippen LogP contribution is -2.43. The molecule has 3 aromatic rings. The average Bonchev–Trinajstić information content (AvgIpc) is 3.34. The van der Waals surface area contributed by atoms with Crippen LogP contribution in [0.1, 0.15) is 53.1 Å². The maximum atomic E-state index is 4.08. The number of fused-ring (bicyclic) bond motifs is 4. The van der Waals surface area contributed by atoms with Gasteiger partial charge in [-0.1, -0.05) is 111 Å². The maximum Gasteiger partial charge on any atom is 0.0726 e. The van der Waals surface area contributed by atoms with Crippen LogP contribution in [0.3, 0.4) is 0 Å². The van der Waals surface area contributed by atoms with E-state index >= 15 is 0 Å². The van der Waals surface area contributed by atoms with Gasteiger partial charge in [0.25, 0.3) is 0 Å². The molecule has 2 atom stereocenters. The van der Waals surface area contributed by atoms with E-state index in [-0.39, 0.29) is 0 Å². The van der Waals surface area contributed by atoms with Gasteiger partial charge in [-0.25, -0.2) is 0 Å². The van der Waals surface area contributed by atoms with Crippen LogP contribution in [-0.2, 0) is 0 Å². The van der Waals surface area contributed by atoms with Gasteiger partial charge in [0.05, 0.1) is 8.07 Å². The standard InChI is InChI=1S/C30H32Si/c1-5-13-21(6-2)28-20-22-14-7-8-15-23(22)29(28)31(3,4)30-26-18-11-9-16-24(26)25-17-10-12-19-27(25)30/h5,7-12,14-21,29-30H,1,6,13H2,2-4H3. The molecule has 2 aliphatic carbocycles. The first-order valence-electron chi connectivity index (χ1n) is 11.7. The van der Waals surface area contributed by atoms with Gasteiger partial charge in [0.15, 0.2) is 0 Å². The van der Waals surface area contributed by atoms with E-state index in [1.165, 1.54) is 23.1 Å². The van der Waals surface area contributed by atoms with Gasteiger partial charge in [-0.15, -0.1) is 6.58 Å². The van der Waals surface area contributed by atoms with E-state index in [0.717, 1.165) is 6.42 Å². The predicted molar refractivity (Wildman–Crippen MR) is 137 cm³/mol. The third-order valence-electron chi connectivity index (χ3n) is 7.70. The molecule has 0 radical (unpaired) electrons. The number of allylic oxidation sites excluding steroid dienone is 2. The normalized spacial score (nSPS) is 18.2. The fourth-order valence-electron chi connectivity index (χ4n) is 6.40. The second-order valence-corrected chi connectivity index (χ2v) is 14.6. The van der Waals surface area contributed by atoms with E-state index in [9.17, 15) is 0 Å². The Bertz CT molecular complexity index is 1120. The van der Waals surface area contributed by atoms with Crippen molar-refractivity contribution in [3.8, 4) is 11.1 Å². The third-order valence-corrected chi connectivity index (χ3v) is 11.9. The summed E-state index contributed by atoms with van der Waals surface area (Å²) in [5, 5.41) is 0. The second kappa shape index (κ2) is 7.80. The molecule has 0 aliphatic heterocycles. The molecule has 0 nitrogen and oxygen atoms in total. The smallest absolute Gasteiger partial charge is 0.0726 e. The molecule has 0 saturated heterocycles. The molecule has 0 fully saturated rings. The molecule has 3 aromatic carbocycles. The highest BCUT2D eigenvalue weighted by molar-refractivity contribution is 6.82. The van der Waals surface area contributed by atoms with Crippen LogP contribution in [-0.4, -0.2) is 8.07 Å². The zero-order valence-electron chi connectivity index (χ0n) is 18.9. The summed E-state index contributed by atoms with van der Waals surface area (Å²) < 4.78 is 0. The molecule has 0 aromatic heterocycles. The van der Waals surface area contributed by atoms with Crippen LogP contribution in [0, 0.1) is 5.92 Å². The number of hydrogen-bond donors (Lipinski definition) is 0. The number of rotatable bonds is 6. The quantitative estimate of drug-likeness (QED) is 0.277. The van der Waals surface area contributed by atoms with Crippen molar-refractivity contribution in [1.29, 1.82) is 0 Å². The largest absolute Gasteiger partial charge is 0.103 e. The molecule has 0 spiro atoms. The molecule has 31 heavy (non-hydrogen) atoms. The Hall–Kier alpha value is -2.64. The van der Waals surface area contributed by atoms with E-state index in [0.29, 0.717) is 17.0 Å². The second-order valence-electron chi connectivity index (χ2n) is 9.76. The first-order valence-corrected chi connectivity index (χ1v) is 14.8. The van der Waals surface area contributed by atoms with Crippen LogP contribution in [0.25, 0.3) is 17.2 Å². The number of benzene rings is 3. The summed E-state index contributed by atoms with van der Waals surface area (Å²) in [5.74, 6) is 0.577. The van der Waals surface area contributed by atoms with Gasteiger partial charge in [0.1, 0.15) is 0 Å². The highest BCUT2D eigenvalue weighted by Crippen LogP contribution is 2.56. The molecule has 0 N–H and O–H groups in total. The molecular weight excluding hydrogens is 388 g/mol. The first kappa shape index (κ1) is 20.3. The Morgan fingerprint density at radius 2 is 1.35 bits per heavy atom. The molecule has 5 rings (SSSR count). The lowest BCUT2D eigenvalue weighted by molar-refractivity contribution is 0.585. The van der Waals surface area contributed by atoms with Crippen molar-refractivity contribution in [2.75, 3.05) is 0 Å². The minimum absolute atomic E-state index is 0.515. The molecule has 1 heteroatoms. The maximum absolute atomic E-state index is 4.08. The zero-order valence-corrected chi connectivity index (χ0v) is 19.9. The minimum Gasteiger partial charge on any atom is -0.103 e. The third kappa shape index (κ3) is 3.10. The Morgan fingerprint density at radius 1 is 0.806 bits per heavy atom. The first-order chi connectivity index (χ1) is 15.1. The highest BCUT2D eigenvalue weighted by Gasteiger charge is 2.49. The zero-order chi connectivity index (χ0) is 21.6. The molecular formula is C30H32Si. The minimum atomic E-state index is -1.86. The van der Waals surface area contributed by atoms with Crippen LogP contribution in [0.4, 0.5) is 0 Å². The fraction of sp³-hybridized carbons (Fsp3) is 0.267. The van der Waals surface area contributed by atoms with E-state index in [1.807, 2.05) is 0 Å². The summed E-state index contributed by atoms with van der Waals surface area (Å²) in [4.78, 5) is 0. The molecule has 0 amide bonds. The Labute approximate surface area is 188 Å². The monoisotopic (exact) mass is 420 g/mol. The van der Waals surface area contributed by atoms with Crippen LogP contribution in [0.2, 0.25) is 13.1 Å². The highest BCUT2D eigenvalue weighted by atomic mass is 28.3.